The number of anilines is 4. The van der Waals surface area contributed by atoms with E-state index >= 15 is 0 Å². The van der Waals surface area contributed by atoms with Crippen LogP contribution in [0.5, 0.6) is 0 Å². The van der Waals surface area contributed by atoms with Gasteiger partial charge in [-0.2, -0.15) is 0 Å². The molecule has 1 aromatic heterocycles. The molecular formula is C30H22F2N4O2. The Morgan fingerprint density at radius 3 is 2.29 bits per heavy atom. The first-order valence-corrected chi connectivity index (χ1v) is 12.5. The quantitative estimate of drug-likeness (QED) is 0.298. The van der Waals surface area contributed by atoms with Gasteiger partial charge >= 0.3 is 0 Å². The molecule has 1 saturated heterocycles. The summed E-state index contributed by atoms with van der Waals surface area (Å²) in [6, 6.07) is 21.9. The molecule has 0 atom stereocenters. The Balaban J connectivity index is 1.33. The van der Waals surface area contributed by atoms with E-state index in [0.29, 0.717) is 57.8 Å². The highest BCUT2D eigenvalue weighted by Crippen LogP contribution is 2.46. The van der Waals surface area contributed by atoms with Crippen molar-refractivity contribution in [1.82, 2.24) is 5.16 Å². The van der Waals surface area contributed by atoms with E-state index in [2.05, 4.69) is 20.3 Å². The molecule has 0 unspecified atom stereocenters. The predicted octanol–water partition coefficient (Wildman–Crippen LogP) is 6.39. The van der Waals surface area contributed by atoms with Gasteiger partial charge in [0.1, 0.15) is 17.2 Å². The first-order valence-electron chi connectivity index (χ1n) is 12.5. The summed E-state index contributed by atoms with van der Waals surface area (Å²) >= 11 is 0. The monoisotopic (exact) mass is 508 g/mol. The number of nitrogens with one attached hydrogen (secondary N) is 1. The first-order chi connectivity index (χ1) is 18.6. The zero-order valence-corrected chi connectivity index (χ0v) is 20.2. The van der Waals surface area contributed by atoms with E-state index in [-0.39, 0.29) is 17.4 Å². The van der Waals surface area contributed by atoms with E-state index in [9.17, 15) is 13.6 Å². The van der Waals surface area contributed by atoms with Crippen molar-refractivity contribution in [3.05, 3.63) is 102 Å². The van der Waals surface area contributed by atoms with Gasteiger partial charge in [0, 0.05) is 48.7 Å². The van der Waals surface area contributed by atoms with Gasteiger partial charge in [0.2, 0.25) is 0 Å². The molecule has 1 aliphatic carbocycles. The van der Waals surface area contributed by atoms with E-state index < -0.39 is 0 Å². The molecule has 0 radical (unpaired) electrons. The van der Waals surface area contributed by atoms with Crippen LogP contribution >= 0.6 is 0 Å². The van der Waals surface area contributed by atoms with E-state index in [1.54, 1.807) is 30.3 Å². The summed E-state index contributed by atoms with van der Waals surface area (Å²) in [5.41, 5.74) is 5.26. The topological polar surface area (TPSA) is 61.6 Å². The highest BCUT2D eigenvalue weighted by molar-refractivity contribution is 6.28. The fraction of sp³-hybridized carbons (Fsp3) is 0.133. The third-order valence-corrected chi connectivity index (χ3v) is 7.29. The second kappa shape index (κ2) is 8.69. The van der Waals surface area contributed by atoms with Crippen molar-refractivity contribution in [3.8, 4) is 11.3 Å². The predicted molar refractivity (Wildman–Crippen MR) is 143 cm³/mol. The van der Waals surface area contributed by atoms with E-state index in [4.69, 9.17) is 4.52 Å². The first kappa shape index (κ1) is 22.5. The van der Waals surface area contributed by atoms with Gasteiger partial charge < -0.3 is 19.6 Å². The summed E-state index contributed by atoms with van der Waals surface area (Å²) in [5, 5.41) is 8.38. The molecule has 2 heterocycles. The number of fused-ring (bicyclic) bond motifs is 2. The summed E-state index contributed by atoms with van der Waals surface area (Å²) in [4.78, 5) is 18.2. The summed E-state index contributed by atoms with van der Waals surface area (Å²) in [6.45, 7) is 2.85. The molecule has 0 saturated carbocycles. The van der Waals surface area contributed by atoms with E-state index in [1.165, 1.54) is 24.3 Å². The van der Waals surface area contributed by atoms with Gasteiger partial charge in [0.15, 0.2) is 11.5 Å². The molecule has 2 aliphatic rings. The Hall–Kier alpha value is -4.72. The maximum Gasteiger partial charge on any atom is 0.196 e. The van der Waals surface area contributed by atoms with E-state index in [1.807, 2.05) is 24.3 Å². The highest BCUT2D eigenvalue weighted by atomic mass is 19.1. The summed E-state index contributed by atoms with van der Waals surface area (Å²) in [5.74, 6) is -0.205. The molecule has 0 spiro atoms. The number of rotatable bonds is 4. The SMILES string of the molecule is O=C1c2ccccc2-c2onc3c(N4CCN(c5ccc(F)cc5)CC4)cc(Nc4cccc(F)c4)c1c23. The van der Waals surface area contributed by atoms with Crippen molar-refractivity contribution < 1.29 is 18.1 Å². The number of ketones is 1. The Morgan fingerprint density at radius 2 is 1.53 bits per heavy atom. The second-order valence-corrected chi connectivity index (χ2v) is 9.51. The molecule has 4 aromatic carbocycles. The lowest BCUT2D eigenvalue weighted by Gasteiger charge is -2.37. The Labute approximate surface area is 217 Å². The highest BCUT2D eigenvalue weighted by Gasteiger charge is 2.34. The van der Waals surface area contributed by atoms with Gasteiger partial charge in [-0.05, 0) is 48.5 Å². The van der Waals surface area contributed by atoms with Crippen LogP contribution in [0.3, 0.4) is 0 Å². The van der Waals surface area contributed by atoms with E-state index in [0.717, 1.165) is 24.5 Å². The van der Waals surface area contributed by atoms with Crippen LogP contribution in [-0.2, 0) is 0 Å². The number of carbonyl (C=O) groups excluding carboxylic acids is 1. The number of piperazine rings is 1. The van der Waals surface area contributed by atoms with Crippen LogP contribution < -0.4 is 15.1 Å². The average molecular weight is 509 g/mol. The fourth-order valence-electron chi connectivity index (χ4n) is 5.46. The minimum atomic E-state index is -0.371. The van der Waals surface area contributed by atoms with Crippen molar-refractivity contribution in [2.24, 2.45) is 0 Å². The summed E-state index contributed by atoms with van der Waals surface area (Å²) < 4.78 is 33.3. The van der Waals surface area contributed by atoms with Crippen LogP contribution in [0.25, 0.3) is 22.2 Å². The molecule has 0 bridgehead atoms. The van der Waals surface area contributed by atoms with Crippen LogP contribution in [0, 0.1) is 11.6 Å². The Bertz CT molecular complexity index is 1710. The van der Waals surface area contributed by atoms with Crippen molar-refractivity contribution in [1.29, 1.82) is 0 Å². The molecule has 1 N–H and O–H groups in total. The number of hydrogen-bond acceptors (Lipinski definition) is 6. The minimum absolute atomic E-state index is 0.132. The van der Waals surface area contributed by atoms with Crippen LogP contribution in [0.1, 0.15) is 15.9 Å². The lowest BCUT2D eigenvalue weighted by molar-refractivity contribution is 0.104. The fourth-order valence-corrected chi connectivity index (χ4v) is 5.46. The lowest BCUT2D eigenvalue weighted by atomic mass is 9.86. The zero-order valence-electron chi connectivity index (χ0n) is 20.2. The molecular weight excluding hydrogens is 486 g/mol. The maximum absolute atomic E-state index is 14.0. The molecule has 0 amide bonds. The van der Waals surface area contributed by atoms with Gasteiger partial charge in [0.05, 0.1) is 22.3 Å². The van der Waals surface area contributed by atoms with Gasteiger partial charge in [-0.25, -0.2) is 8.78 Å². The average Bonchev–Trinajstić information content (AvgIpc) is 3.38. The number of aromatic nitrogens is 1. The second-order valence-electron chi connectivity index (χ2n) is 9.51. The number of benzene rings is 4. The molecule has 7 rings (SSSR count). The number of hydrogen-bond donors (Lipinski definition) is 1. The number of halogens is 2. The number of nitrogens with zero attached hydrogens (tertiary/aromatic N) is 3. The molecule has 8 heteroatoms. The molecule has 1 fully saturated rings. The molecule has 5 aromatic rings. The van der Waals surface area contributed by atoms with Crippen molar-refractivity contribution in [2.75, 3.05) is 41.3 Å². The summed E-state index contributed by atoms with van der Waals surface area (Å²) in [6.07, 6.45) is 0. The largest absolute Gasteiger partial charge is 0.368 e. The van der Waals surface area contributed by atoms with Gasteiger partial charge in [-0.15, -0.1) is 0 Å². The normalized spacial score (nSPS) is 14.6. The van der Waals surface area contributed by atoms with Crippen molar-refractivity contribution >= 4 is 39.4 Å². The Kier molecular flexibility index (Phi) is 5.14. The van der Waals surface area contributed by atoms with Crippen molar-refractivity contribution in [2.45, 2.75) is 0 Å². The molecule has 188 valence electrons. The van der Waals surface area contributed by atoms with Gasteiger partial charge in [0.25, 0.3) is 0 Å². The van der Waals surface area contributed by atoms with Crippen LogP contribution in [-0.4, -0.2) is 37.1 Å². The Morgan fingerprint density at radius 1 is 0.789 bits per heavy atom. The smallest absolute Gasteiger partial charge is 0.196 e. The maximum atomic E-state index is 14.0. The zero-order chi connectivity index (χ0) is 25.8. The molecule has 38 heavy (non-hydrogen) atoms. The molecule has 1 aliphatic heterocycles. The summed E-state index contributed by atoms with van der Waals surface area (Å²) in [7, 11) is 0. The van der Waals surface area contributed by atoms with Gasteiger partial charge in [-0.1, -0.05) is 35.5 Å². The van der Waals surface area contributed by atoms with Crippen LogP contribution in [0.4, 0.5) is 31.5 Å². The lowest BCUT2D eigenvalue weighted by Crippen LogP contribution is -2.46. The van der Waals surface area contributed by atoms with Crippen molar-refractivity contribution in [3.63, 3.8) is 0 Å². The standard InChI is InChI=1S/C30H22F2N4O2/c31-18-8-10-21(11-9-18)35-12-14-36(15-13-35)25-17-24(33-20-5-3-4-19(32)16-20)26-27-28(25)34-38-30(27)23-7-2-1-6-22(23)29(26)37/h1-11,16-17,33H,12-15H2. The van der Waals surface area contributed by atoms with Crippen LogP contribution in [0.2, 0.25) is 0 Å². The minimum Gasteiger partial charge on any atom is -0.368 e. The number of carbonyl (C=O) groups is 1. The molecule has 6 nitrogen and oxygen atoms in total. The third kappa shape index (κ3) is 3.60. The van der Waals surface area contributed by atoms with Crippen LogP contribution in [0.15, 0.2) is 83.4 Å². The van der Waals surface area contributed by atoms with Gasteiger partial charge in [-0.3, -0.25) is 4.79 Å². The third-order valence-electron chi connectivity index (χ3n) is 7.29.